The molecule has 0 radical (unpaired) electrons. The second kappa shape index (κ2) is 7.31. The number of hydrogen-bond donors (Lipinski definition) is 1. The van der Waals surface area contributed by atoms with Crippen molar-refractivity contribution in [2.24, 2.45) is 0 Å². The molecule has 1 amide bonds. The standard InChI is InChI=1S/C16H20N2O4S/c19-15(11-3-4-14(16(20)21)17-8-11)18(12-5-7-23-10-12)9-13-2-1-6-22-13/h3-4,8,12-13H,1-2,5-7,9-10H2,(H,20,21)/t12-,13+/m0/s1. The van der Waals surface area contributed by atoms with Crippen LogP contribution in [0.2, 0.25) is 0 Å². The smallest absolute Gasteiger partial charge is 0.354 e. The van der Waals surface area contributed by atoms with E-state index < -0.39 is 5.97 Å². The zero-order chi connectivity index (χ0) is 16.2. The second-order valence-corrected chi connectivity index (χ2v) is 7.00. The highest BCUT2D eigenvalue weighted by Gasteiger charge is 2.31. The van der Waals surface area contributed by atoms with Crippen LogP contribution in [0.3, 0.4) is 0 Å². The molecule has 2 fully saturated rings. The molecule has 0 bridgehead atoms. The third-order valence-electron chi connectivity index (χ3n) is 4.26. The highest BCUT2D eigenvalue weighted by molar-refractivity contribution is 7.99. The van der Waals surface area contributed by atoms with Gasteiger partial charge in [0.15, 0.2) is 0 Å². The molecule has 1 aromatic heterocycles. The zero-order valence-electron chi connectivity index (χ0n) is 12.8. The van der Waals surface area contributed by atoms with Crippen molar-refractivity contribution in [3.05, 3.63) is 29.6 Å². The average molecular weight is 336 g/mol. The highest BCUT2D eigenvalue weighted by Crippen LogP contribution is 2.25. The van der Waals surface area contributed by atoms with Gasteiger partial charge < -0.3 is 14.7 Å². The fourth-order valence-corrected chi connectivity index (χ4v) is 4.21. The number of pyridine rings is 1. The quantitative estimate of drug-likeness (QED) is 0.885. The molecule has 2 saturated heterocycles. The van der Waals surface area contributed by atoms with Gasteiger partial charge in [0.25, 0.3) is 5.91 Å². The Hall–Kier alpha value is -1.60. The van der Waals surface area contributed by atoms with Crippen molar-refractivity contribution in [3.8, 4) is 0 Å². The first kappa shape index (κ1) is 16.3. The van der Waals surface area contributed by atoms with Crippen molar-refractivity contribution in [2.75, 3.05) is 24.7 Å². The number of carboxylic acid groups (broad SMARTS) is 1. The number of aromatic nitrogens is 1. The minimum atomic E-state index is -1.09. The minimum Gasteiger partial charge on any atom is -0.477 e. The van der Waals surface area contributed by atoms with Crippen molar-refractivity contribution in [2.45, 2.75) is 31.4 Å². The molecule has 0 aromatic carbocycles. The maximum Gasteiger partial charge on any atom is 0.354 e. The number of thioether (sulfide) groups is 1. The fourth-order valence-electron chi connectivity index (χ4n) is 2.99. The number of aromatic carboxylic acids is 1. The lowest BCUT2D eigenvalue weighted by atomic mass is 10.1. The summed E-state index contributed by atoms with van der Waals surface area (Å²) in [4.78, 5) is 29.5. The Morgan fingerprint density at radius 1 is 1.39 bits per heavy atom. The van der Waals surface area contributed by atoms with Crippen molar-refractivity contribution >= 4 is 23.6 Å². The Balaban J connectivity index is 1.76. The summed E-state index contributed by atoms with van der Waals surface area (Å²) in [6, 6.07) is 3.14. The molecule has 7 heteroatoms. The number of nitrogens with zero attached hydrogens (tertiary/aromatic N) is 2. The topological polar surface area (TPSA) is 79.7 Å². The SMILES string of the molecule is O=C(O)c1ccc(C(=O)N(C[C@H]2CCCO2)[C@H]2CCSC2)cn1. The van der Waals surface area contributed by atoms with Crippen LogP contribution in [-0.4, -0.2) is 63.7 Å². The van der Waals surface area contributed by atoms with Crippen LogP contribution in [0.15, 0.2) is 18.3 Å². The van der Waals surface area contributed by atoms with Crippen LogP contribution in [0.25, 0.3) is 0 Å². The van der Waals surface area contributed by atoms with E-state index in [1.54, 1.807) is 6.07 Å². The van der Waals surface area contributed by atoms with Crippen molar-refractivity contribution in [3.63, 3.8) is 0 Å². The number of carbonyl (C=O) groups is 2. The lowest BCUT2D eigenvalue weighted by Gasteiger charge is -2.30. The van der Waals surface area contributed by atoms with Crippen LogP contribution in [0.5, 0.6) is 0 Å². The molecular formula is C16H20N2O4S. The van der Waals surface area contributed by atoms with Crippen LogP contribution in [-0.2, 0) is 4.74 Å². The van der Waals surface area contributed by atoms with Gasteiger partial charge in [-0.25, -0.2) is 9.78 Å². The van der Waals surface area contributed by atoms with Crippen molar-refractivity contribution < 1.29 is 19.4 Å². The molecule has 23 heavy (non-hydrogen) atoms. The number of amides is 1. The second-order valence-electron chi connectivity index (χ2n) is 5.85. The van der Waals surface area contributed by atoms with E-state index in [0.717, 1.165) is 37.4 Å². The normalized spacial score (nSPS) is 23.8. The third kappa shape index (κ3) is 3.84. The van der Waals surface area contributed by atoms with Gasteiger partial charge in [0.1, 0.15) is 5.69 Å². The average Bonchev–Trinajstić information content (AvgIpc) is 3.25. The molecule has 3 rings (SSSR count). The van der Waals surface area contributed by atoms with E-state index in [2.05, 4.69) is 4.98 Å². The summed E-state index contributed by atoms with van der Waals surface area (Å²) in [7, 11) is 0. The molecule has 0 spiro atoms. The molecule has 2 aliphatic heterocycles. The Morgan fingerprint density at radius 3 is 2.83 bits per heavy atom. The summed E-state index contributed by atoms with van der Waals surface area (Å²) in [5.74, 6) is 0.833. The number of carbonyl (C=O) groups excluding carboxylic acids is 1. The van der Waals surface area contributed by atoms with Crippen LogP contribution in [0.1, 0.15) is 40.1 Å². The van der Waals surface area contributed by atoms with Crippen LogP contribution >= 0.6 is 11.8 Å². The predicted molar refractivity (Wildman–Crippen MR) is 86.9 cm³/mol. The lowest BCUT2D eigenvalue weighted by molar-refractivity contribution is 0.0441. The maximum atomic E-state index is 12.9. The Labute approximate surface area is 139 Å². The first-order valence-electron chi connectivity index (χ1n) is 7.85. The number of ether oxygens (including phenoxy) is 1. The Kier molecular flexibility index (Phi) is 5.17. The van der Waals surface area contributed by atoms with Crippen LogP contribution < -0.4 is 0 Å². The van der Waals surface area contributed by atoms with Crippen molar-refractivity contribution in [1.82, 2.24) is 9.88 Å². The summed E-state index contributed by atoms with van der Waals surface area (Å²) >= 11 is 1.86. The monoisotopic (exact) mass is 336 g/mol. The van der Waals surface area contributed by atoms with Gasteiger partial charge in [-0.2, -0.15) is 11.8 Å². The molecule has 0 aliphatic carbocycles. The van der Waals surface area contributed by atoms with Crippen LogP contribution in [0.4, 0.5) is 0 Å². The molecule has 124 valence electrons. The van der Waals surface area contributed by atoms with E-state index in [4.69, 9.17) is 9.84 Å². The largest absolute Gasteiger partial charge is 0.477 e. The molecule has 3 heterocycles. The number of carboxylic acids is 1. The van der Waals surface area contributed by atoms with Gasteiger partial charge in [-0.15, -0.1) is 0 Å². The van der Waals surface area contributed by atoms with E-state index in [1.807, 2.05) is 16.7 Å². The van der Waals surface area contributed by atoms with Gasteiger partial charge in [-0.05, 0) is 37.1 Å². The first-order valence-corrected chi connectivity index (χ1v) is 9.00. The fraction of sp³-hybridized carbons (Fsp3) is 0.562. The van der Waals surface area contributed by atoms with E-state index in [1.165, 1.54) is 12.3 Å². The summed E-state index contributed by atoms with van der Waals surface area (Å²) in [6.45, 7) is 1.37. The Bertz CT molecular complexity index is 566. The third-order valence-corrected chi connectivity index (χ3v) is 5.41. The molecule has 6 nitrogen and oxygen atoms in total. The molecule has 2 aliphatic rings. The number of hydrogen-bond acceptors (Lipinski definition) is 5. The van der Waals surface area contributed by atoms with Gasteiger partial charge in [-0.3, -0.25) is 4.79 Å². The molecule has 0 unspecified atom stereocenters. The van der Waals surface area contributed by atoms with Crippen molar-refractivity contribution in [1.29, 1.82) is 0 Å². The van der Waals surface area contributed by atoms with Gasteiger partial charge in [-0.1, -0.05) is 0 Å². The predicted octanol–water partition coefficient (Wildman–Crippen LogP) is 1.91. The maximum absolute atomic E-state index is 12.9. The zero-order valence-corrected chi connectivity index (χ0v) is 13.6. The Morgan fingerprint density at radius 2 is 2.26 bits per heavy atom. The van der Waals surface area contributed by atoms with Crippen LogP contribution in [0, 0.1) is 0 Å². The number of rotatable bonds is 5. The molecule has 1 N–H and O–H groups in total. The summed E-state index contributed by atoms with van der Waals surface area (Å²) in [5, 5.41) is 8.91. The summed E-state index contributed by atoms with van der Waals surface area (Å²) in [6.07, 6.45) is 4.48. The molecule has 2 atom stereocenters. The van der Waals surface area contributed by atoms with Gasteiger partial charge >= 0.3 is 5.97 Å². The van der Waals surface area contributed by atoms with Gasteiger partial charge in [0, 0.05) is 31.1 Å². The van der Waals surface area contributed by atoms with Gasteiger partial charge in [0.2, 0.25) is 0 Å². The minimum absolute atomic E-state index is 0.0522. The first-order chi connectivity index (χ1) is 11.1. The van der Waals surface area contributed by atoms with Gasteiger partial charge in [0.05, 0.1) is 11.7 Å². The van der Waals surface area contributed by atoms with E-state index in [0.29, 0.717) is 12.1 Å². The van der Waals surface area contributed by atoms with E-state index in [9.17, 15) is 9.59 Å². The van der Waals surface area contributed by atoms with E-state index >= 15 is 0 Å². The highest BCUT2D eigenvalue weighted by atomic mass is 32.2. The molecular weight excluding hydrogens is 316 g/mol. The lowest BCUT2D eigenvalue weighted by Crippen LogP contribution is -2.44. The summed E-state index contributed by atoms with van der Waals surface area (Å²) in [5.41, 5.74) is 0.383. The molecule has 1 aromatic rings. The van der Waals surface area contributed by atoms with E-state index in [-0.39, 0.29) is 23.7 Å². The molecule has 0 saturated carbocycles. The summed E-state index contributed by atoms with van der Waals surface area (Å²) < 4.78 is 5.69.